The molecule has 0 fully saturated rings. The van der Waals surface area contributed by atoms with E-state index in [0.717, 1.165) is 32.7 Å². The van der Waals surface area contributed by atoms with E-state index in [4.69, 9.17) is 5.73 Å². The molecule has 4 N–H and O–H groups in total. The Labute approximate surface area is 74.6 Å². The van der Waals surface area contributed by atoms with Crippen LogP contribution in [0.4, 0.5) is 0 Å². The summed E-state index contributed by atoms with van der Waals surface area (Å²) in [5, 5.41) is 6.46. The first-order valence-electron chi connectivity index (χ1n) is 4.47. The molecule has 0 bridgehead atoms. The molecule has 0 atom stereocenters. The van der Waals surface area contributed by atoms with E-state index < -0.39 is 0 Å². The van der Waals surface area contributed by atoms with Crippen molar-refractivity contribution in [1.82, 2.24) is 10.6 Å². The van der Waals surface area contributed by atoms with E-state index >= 15 is 0 Å². The zero-order chi connectivity index (χ0) is 9.07. The molecular formula is C8H20N4. The van der Waals surface area contributed by atoms with Crippen molar-refractivity contribution >= 4 is 6.21 Å². The summed E-state index contributed by atoms with van der Waals surface area (Å²) >= 11 is 0. The summed E-state index contributed by atoms with van der Waals surface area (Å²) in [4.78, 5) is 4.08. The molecule has 0 aromatic rings. The van der Waals surface area contributed by atoms with Gasteiger partial charge in [0.05, 0.1) is 6.54 Å². The number of nitrogens with zero attached hydrogens (tertiary/aromatic N) is 1. The maximum atomic E-state index is 5.31. The monoisotopic (exact) mass is 172 g/mol. The summed E-state index contributed by atoms with van der Waals surface area (Å²) in [7, 11) is 0. The van der Waals surface area contributed by atoms with Gasteiger partial charge in [0.2, 0.25) is 0 Å². The quantitative estimate of drug-likeness (QED) is 0.332. The van der Waals surface area contributed by atoms with E-state index in [1.54, 1.807) is 0 Å². The molecule has 0 rings (SSSR count). The Morgan fingerprint density at radius 3 is 2.42 bits per heavy atom. The smallest absolute Gasteiger partial charge is 0.0510 e. The first-order valence-corrected chi connectivity index (χ1v) is 4.47. The summed E-state index contributed by atoms with van der Waals surface area (Å²) in [5.41, 5.74) is 5.31. The van der Waals surface area contributed by atoms with Crippen molar-refractivity contribution in [1.29, 1.82) is 0 Å². The second kappa shape index (κ2) is 10.6. The van der Waals surface area contributed by atoms with E-state index in [0.29, 0.717) is 6.54 Å². The topological polar surface area (TPSA) is 62.4 Å². The molecule has 0 aliphatic rings. The summed E-state index contributed by atoms with van der Waals surface area (Å²) in [6.07, 6.45) is 1.83. The van der Waals surface area contributed by atoms with Crippen LogP contribution in [0.1, 0.15) is 6.92 Å². The Morgan fingerprint density at radius 1 is 1.17 bits per heavy atom. The van der Waals surface area contributed by atoms with Crippen LogP contribution >= 0.6 is 0 Å². The average Bonchev–Trinajstić information content (AvgIpc) is 2.10. The molecule has 0 radical (unpaired) electrons. The van der Waals surface area contributed by atoms with Crippen LogP contribution in [0, 0.1) is 0 Å². The predicted octanol–water partition coefficient (Wildman–Crippen LogP) is -0.785. The van der Waals surface area contributed by atoms with Crippen molar-refractivity contribution in [2.75, 3.05) is 39.3 Å². The van der Waals surface area contributed by atoms with Crippen LogP contribution in [0.5, 0.6) is 0 Å². The third kappa shape index (κ3) is 9.55. The lowest BCUT2D eigenvalue weighted by molar-refractivity contribution is 0.619. The van der Waals surface area contributed by atoms with E-state index in [1.165, 1.54) is 0 Å². The highest BCUT2D eigenvalue weighted by Gasteiger charge is 1.85. The van der Waals surface area contributed by atoms with Gasteiger partial charge in [0.25, 0.3) is 0 Å². The van der Waals surface area contributed by atoms with Crippen LogP contribution in [0.2, 0.25) is 0 Å². The van der Waals surface area contributed by atoms with Gasteiger partial charge in [-0.15, -0.1) is 0 Å². The van der Waals surface area contributed by atoms with Gasteiger partial charge >= 0.3 is 0 Å². The van der Waals surface area contributed by atoms with E-state index in [-0.39, 0.29) is 0 Å². The molecule has 0 aromatic carbocycles. The second-order valence-corrected chi connectivity index (χ2v) is 2.45. The molecule has 0 unspecified atom stereocenters. The lowest BCUT2D eigenvalue weighted by Crippen LogP contribution is -2.31. The summed E-state index contributed by atoms with van der Waals surface area (Å²) in [5.74, 6) is 0. The Morgan fingerprint density at radius 2 is 1.83 bits per heavy atom. The van der Waals surface area contributed by atoms with E-state index in [2.05, 4.69) is 15.6 Å². The van der Waals surface area contributed by atoms with Crippen molar-refractivity contribution in [2.24, 2.45) is 10.7 Å². The third-order valence-electron chi connectivity index (χ3n) is 1.40. The van der Waals surface area contributed by atoms with Gasteiger partial charge in [0, 0.05) is 32.7 Å². The van der Waals surface area contributed by atoms with Crippen molar-refractivity contribution in [3.8, 4) is 0 Å². The largest absolute Gasteiger partial charge is 0.329 e. The minimum atomic E-state index is 0.708. The molecule has 0 aliphatic heterocycles. The number of nitrogens with two attached hydrogens (primary N) is 1. The van der Waals surface area contributed by atoms with E-state index in [1.807, 2.05) is 13.1 Å². The Hall–Kier alpha value is -0.450. The molecule has 0 spiro atoms. The summed E-state index contributed by atoms with van der Waals surface area (Å²) < 4.78 is 0. The van der Waals surface area contributed by atoms with Crippen molar-refractivity contribution in [3.63, 3.8) is 0 Å². The van der Waals surface area contributed by atoms with E-state index in [9.17, 15) is 0 Å². The van der Waals surface area contributed by atoms with Gasteiger partial charge in [-0.05, 0) is 13.1 Å². The molecule has 0 aliphatic carbocycles. The maximum absolute atomic E-state index is 5.31. The lowest BCUT2D eigenvalue weighted by atomic mass is 10.5. The fourth-order valence-corrected chi connectivity index (χ4v) is 0.802. The van der Waals surface area contributed by atoms with Crippen LogP contribution in [-0.2, 0) is 0 Å². The zero-order valence-electron chi connectivity index (χ0n) is 7.84. The van der Waals surface area contributed by atoms with Crippen molar-refractivity contribution < 1.29 is 0 Å². The molecule has 0 saturated carbocycles. The van der Waals surface area contributed by atoms with Gasteiger partial charge in [-0.3, -0.25) is 4.99 Å². The number of aliphatic imine (C=N–C) groups is 1. The number of rotatable bonds is 8. The van der Waals surface area contributed by atoms with Crippen LogP contribution < -0.4 is 16.4 Å². The highest BCUT2D eigenvalue weighted by molar-refractivity contribution is 5.53. The van der Waals surface area contributed by atoms with Gasteiger partial charge in [-0.25, -0.2) is 0 Å². The fourth-order valence-electron chi connectivity index (χ4n) is 0.802. The summed E-state index contributed by atoms with van der Waals surface area (Å²) in [6, 6.07) is 0. The minimum absolute atomic E-state index is 0.708. The lowest BCUT2D eigenvalue weighted by Gasteiger charge is -2.03. The van der Waals surface area contributed by atoms with Gasteiger partial charge < -0.3 is 16.4 Å². The normalized spacial score (nSPS) is 11.2. The predicted molar refractivity (Wildman–Crippen MR) is 53.8 cm³/mol. The molecule has 72 valence electrons. The zero-order valence-corrected chi connectivity index (χ0v) is 7.84. The molecule has 12 heavy (non-hydrogen) atoms. The van der Waals surface area contributed by atoms with Crippen LogP contribution in [-0.4, -0.2) is 45.5 Å². The highest BCUT2D eigenvalue weighted by atomic mass is 15.0. The Kier molecular flexibility index (Phi) is 10.2. The standard InChI is InChI=1S/C8H20N4/c1-2-10-5-6-12-8-7-11-4-3-9/h2,11-12H,3-9H2,1H3. The number of hydrogen-bond acceptors (Lipinski definition) is 4. The van der Waals surface area contributed by atoms with Crippen LogP contribution in [0.3, 0.4) is 0 Å². The SMILES string of the molecule is CC=NCCNCCNCCN. The molecule has 0 saturated heterocycles. The first kappa shape index (κ1) is 11.6. The molecular weight excluding hydrogens is 152 g/mol. The Bertz CT molecular complexity index is 103. The van der Waals surface area contributed by atoms with Gasteiger partial charge in [-0.2, -0.15) is 0 Å². The molecule has 0 amide bonds. The second-order valence-electron chi connectivity index (χ2n) is 2.45. The average molecular weight is 172 g/mol. The van der Waals surface area contributed by atoms with Gasteiger partial charge in [0.1, 0.15) is 0 Å². The molecule has 4 heteroatoms. The van der Waals surface area contributed by atoms with Crippen molar-refractivity contribution in [3.05, 3.63) is 0 Å². The van der Waals surface area contributed by atoms with Crippen LogP contribution in [0.15, 0.2) is 4.99 Å². The molecule has 0 aromatic heterocycles. The highest BCUT2D eigenvalue weighted by Crippen LogP contribution is 1.65. The summed E-state index contributed by atoms with van der Waals surface area (Å²) in [6.45, 7) is 7.33. The van der Waals surface area contributed by atoms with Gasteiger partial charge in [-0.1, -0.05) is 0 Å². The molecule has 0 heterocycles. The first-order chi connectivity index (χ1) is 5.91. The van der Waals surface area contributed by atoms with Crippen LogP contribution in [0.25, 0.3) is 0 Å². The minimum Gasteiger partial charge on any atom is -0.329 e. The fraction of sp³-hybridized carbons (Fsp3) is 0.875. The Balaban J connectivity index is 2.81. The third-order valence-corrected chi connectivity index (χ3v) is 1.40. The van der Waals surface area contributed by atoms with Gasteiger partial charge in [0.15, 0.2) is 0 Å². The maximum Gasteiger partial charge on any atom is 0.0510 e. The van der Waals surface area contributed by atoms with Crippen molar-refractivity contribution in [2.45, 2.75) is 6.92 Å². The number of hydrogen-bond donors (Lipinski definition) is 3. The molecule has 4 nitrogen and oxygen atoms in total. The number of nitrogens with one attached hydrogen (secondary N) is 2.